The summed E-state index contributed by atoms with van der Waals surface area (Å²) < 4.78 is 29.5. The lowest BCUT2D eigenvalue weighted by atomic mass is 10.2. The molecule has 0 aliphatic heterocycles. The molecule has 0 fully saturated rings. The number of benzene rings is 1. The smallest absolute Gasteiger partial charge is 0.224 e. The Morgan fingerprint density at radius 2 is 2.00 bits per heavy atom. The maximum Gasteiger partial charge on any atom is 0.224 e. The van der Waals surface area contributed by atoms with Gasteiger partial charge in [0.25, 0.3) is 0 Å². The Balaban J connectivity index is 2.86. The van der Waals surface area contributed by atoms with Crippen molar-refractivity contribution in [2.45, 2.75) is 6.92 Å². The zero-order chi connectivity index (χ0) is 14.5. The third-order valence-electron chi connectivity index (χ3n) is 2.46. The third-order valence-corrected chi connectivity index (χ3v) is 3.18. The van der Waals surface area contributed by atoms with Crippen molar-refractivity contribution in [2.75, 3.05) is 31.4 Å². The molecule has 0 heterocycles. The van der Waals surface area contributed by atoms with Gasteiger partial charge in [-0.25, -0.2) is 13.1 Å². The van der Waals surface area contributed by atoms with E-state index < -0.39 is 10.0 Å². The molecule has 0 unspecified atom stereocenters. The molecule has 0 spiro atoms. The van der Waals surface area contributed by atoms with Gasteiger partial charge in [-0.05, 0) is 12.1 Å². The van der Waals surface area contributed by atoms with Crippen LogP contribution in [0, 0.1) is 0 Å². The molecule has 0 bridgehead atoms. The van der Waals surface area contributed by atoms with Crippen LogP contribution in [0.2, 0.25) is 0 Å². The summed E-state index contributed by atoms with van der Waals surface area (Å²) in [5.41, 5.74) is 0.618. The van der Waals surface area contributed by atoms with E-state index in [1.54, 1.807) is 24.3 Å². The van der Waals surface area contributed by atoms with Gasteiger partial charge in [0, 0.05) is 20.0 Å². The van der Waals surface area contributed by atoms with Crippen LogP contribution in [-0.4, -0.2) is 40.8 Å². The Hall–Kier alpha value is -1.60. The molecule has 1 aromatic carbocycles. The first kappa shape index (κ1) is 15.5. The average molecular weight is 286 g/mol. The van der Waals surface area contributed by atoms with Crippen LogP contribution in [-0.2, 0) is 14.8 Å². The van der Waals surface area contributed by atoms with Crippen LogP contribution >= 0.6 is 0 Å². The van der Waals surface area contributed by atoms with Gasteiger partial charge in [0.2, 0.25) is 15.9 Å². The highest BCUT2D eigenvalue weighted by Crippen LogP contribution is 2.27. The second-order valence-corrected chi connectivity index (χ2v) is 5.84. The fourth-order valence-corrected chi connectivity index (χ4v) is 2.11. The number of sulfonamides is 1. The monoisotopic (exact) mass is 286 g/mol. The predicted octanol–water partition coefficient (Wildman–Crippen LogP) is 0.597. The summed E-state index contributed by atoms with van der Waals surface area (Å²) in [6.07, 6.45) is 1.08. The number of carbonyl (C=O) groups excluding carboxylic acids is 1. The van der Waals surface area contributed by atoms with E-state index in [1.807, 2.05) is 0 Å². The fraction of sp³-hybridized carbons (Fsp3) is 0.417. The number of amides is 1. The predicted molar refractivity (Wildman–Crippen MR) is 73.9 cm³/mol. The number of anilines is 1. The van der Waals surface area contributed by atoms with Crippen molar-refractivity contribution in [1.29, 1.82) is 0 Å². The van der Waals surface area contributed by atoms with Crippen molar-refractivity contribution < 1.29 is 17.9 Å². The number of hydrogen-bond donors (Lipinski definition) is 1. The van der Waals surface area contributed by atoms with Crippen LogP contribution in [0.4, 0.5) is 5.69 Å². The molecule has 0 radical (unpaired) electrons. The van der Waals surface area contributed by atoms with E-state index in [2.05, 4.69) is 4.72 Å². The molecule has 1 N–H and O–H groups in total. The SMILES string of the molecule is COc1ccccc1N(CCNS(C)(=O)=O)C(C)=O. The molecule has 0 saturated carbocycles. The van der Waals surface area contributed by atoms with Crippen molar-refractivity contribution in [3.63, 3.8) is 0 Å². The molecular formula is C12H18N2O4S. The van der Waals surface area contributed by atoms with Crippen molar-refractivity contribution in [3.05, 3.63) is 24.3 Å². The summed E-state index contributed by atoms with van der Waals surface area (Å²) in [5, 5.41) is 0. The molecule has 0 saturated heterocycles. The summed E-state index contributed by atoms with van der Waals surface area (Å²) in [6, 6.07) is 7.09. The minimum Gasteiger partial charge on any atom is -0.495 e. The molecule has 7 heteroatoms. The van der Waals surface area contributed by atoms with E-state index in [1.165, 1.54) is 18.9 Å². The van der Waals surface area contributed by atoms with E-state index in [0.29, 0.717) is 11.4 Å². The second-order valence-electron chi connectivity index (χ2n) is 4.01. The Morgan fingerprint density at radius 1 is 1.37 bits per heavy atom. The molecule has 0 aliphatic carbocycles. The molecule has 6 nitrogen and oxygen atoms in total. The number of rotatable bonds is 6. The maximum absolute atomic E-state index is 11.7. The Morgan fingerprint density at radius 3 is 2.53 bits per heavy atom. The van der Waals surface area contributed by atoms with Crippen LogP contribution < -0.4 is 14.4 Å². The van der Waals surface area contributed by atoms with E-state index >= 15 is 0 Å². The number of carbonyl (C=O) groups is 1. The standard InChI is InChI=1S/C12H18N2O4S/c1-10(15)14(9-8-13-19(3,16)17)11-6-4-5-7-12(11)18-2/h4-7,13H,8-9H2,1-3H3. The van der Waals surface area contributed by atoms with Gasteiger partial charge < -0.3 is 9.64 Å². The van der Waals surface area contributed by atoms with E-state index in [4.69, 9.17) is 4.74 Å². The fourth-order valence-electron chi connectivity index (χ4n) is 1.64. The van der Waals surface area contributed by atoms with Crippen molar-refractivity contribution in [1.82, 2.24) is 4.72 Å². The van der Waals surface area contributed by atoms with E-state index in [9.17, 15) is 13.2 Å². The number of nitrogens with one attached hydrogen (secondary N) is 1. The molecule has 0 aliphatic rings. The van der Waals surface area contributed by atoms with Crippen LogP contribution in [0.15, 0.2) is 24.3 Å². The minimum absolute atomic E-state index is 0.149. The highest BCUT2D eigenvalue weighted by Gasteiger charge is 2.15. The topological polar surface area (TPSA) is 75.7 Å². The Kier molecular flexibility index (Phi) is 5.31. The van der Waals surface area contributed by atoms with Gasteiger partial charge in [0.1, 0.15) is 5.75 Å². The molecule has 0 atom stereocenters. The first-order chi connectivity index (χ1) is 8.85. The third kappa shape index (κ3) is 4.88. The summed E-state index contributed by atoms with van der Waals surface area (Å²) in [4.78, 5) is 13.1. The minimum atomic E-state index is -3.26. The van der Waals surface area contributed by atoms with E-state index in [-0.39, 0.29) is 19.0 Å². The first-order valence-electron chi connectivity index (χ1n) is 5.71. The summed E-state index contributed by atoms with van der Waals surface area (Å²) in [5.74, 6) is 0.386. The molecule has 1 aromatic rings. The zero-order valence-corrected chi connectivity index (χ0v) is 12.0. The number of hydrogen-bond acceptors (Lipinski definition) is 4. The van der Waals surface area contributed by atoms with Gasteiger partial charge in [-0.2, -0.15) is 0 Å². The number of methoxy groups -OCH3 is 1. The van der Waals surface area contributed by atoms with Crippen molar-refractivity contribution >= 4 is 21.6 Å². The quantitative estimate of drug-likeness (QED) is 0.831. The van der Waals surface area contributed by atoms with Crippen molar-refractivity contribution in [2.24, 2.45) is 0 Å². The average Bonchev–Trinajstić information content (AvgIpc) is 2.33. The van der Waals surface area contributed by atoms with Gasteiger partial charge in [0.15, 0.2) is 0 Å². The van der Waals surface area contributed by atoms with Crippen molar-refractivity contribution in [3.8, 4) is 5.75 Å². The normalized spacial score (nSPS) is 11.1. The van der Waals surface area contributed by atoms with Gasteiger partial charge >= 0.3 is 0 Å². The van der Waals surface area contributed by atoms with Gasteiger partial charge in [-0.1, -0.05) is 12.1 Å². The van der Waals surface area contributed by atoms with Gasteiger partial charge in [-0.3, -0.25) is 4.79 Å². The number of nitrogens with zero attached hydrogens (tertiary/aromatic N) is 1. The molecular weight excluding hydrogens is 268 g/mol. The van der Waals surface area contributed by atoms with Crippen LogP contribution in [0.25, 0.3) is 0 Å². The highest BCUT2D eigenvalue weighted by atomic mass is 32.2. The summed E-state index contributed by atoms with van der Waals surface area (Å²) >= 11 is 0. The lowest BCUT2D eigenvalue weighted by Crippen LogP contribution is -2.37. The largest absolute Gasteiger partial charge is 0.495 e. The zero-order valence-electron chi connectivity index (χ0n) is 11.2. The lowest BCUT2D eigenvalue weighted by Gasteiger charge is -2.23. The molecule has 0 aromatic heterocycles. The molecule has 106 valence electrons. The van der Waals surface area contributed by atoms with Crippen LogP contribution in [0.1, 0.15) is 6.92 Å². The lowest BCUT2D eigenvalue weighted by molar-refractivity contribution is -0.116. The molecule has 1 amide bonds. The van der Waals surface area contributed by atoms with Gasteiger partial charge in [-0.15, -0.1) is 0 Å². The summed E-state index contributed by atoms with van der Waals surface area (Å²) in [7, 11) is -1.74. The van der Waals surface area contributed by atoms with E-state index in [0.717, 1.165) is 6.26 Å². The number of para-hydroxylation sites is 2. The Labute approximate surface area is 113 Å². The summed E-state index contributed by atoms with van der Waals surface area (Å²) in [6.45, 7) is 1.81. The van der Waals surface area contributed by atoms with Crippen LogP contribution in [0.5, 0.6) is 5.75 Å². The highest BCUT2D eigenvalue weighted by molar-refractivity contribution is 7.88. The molecule has 1 rings (SSSR count). The maximum atomic E-state index is 11.7. The van der Waals surface area contributed by atoms with Gasteiger partial charge in [0.05, 0.1) is 19.1 Å². The Bertz CT molecular complexity index is 542. The van der Waals surface area contributed by atoms with Crippen LogP contribution in [0.3, 0.4) is 0 Å². The second kappa shape index (κ2) is 6.53. The number of ether oxygens (including phenoxy) is 1. The molecule has 19 heavy (non-hydrogen) atoms. The first-order valence-corrected chi connectivity index (χ1v) is 7.60.